The molecule has 2 fully saturated rings. The van der Waals surface area contributed by atoms with Crippen LogP contribution in [0.1, 0.15) is 37.2 Å². The fourth-order valence-electron chi connectivity index (χ4n) is 5.81. The number of aromatic nitrogens is 2. The van der Waals surface area contributed by atoms with Gasteiger partial charge >= 0.3 is 0 Å². The minimum atomic E-state index is -0.146. The molecule has 6 rings (SSSR count). The van der Waals surface area contributed by atoms with E-state index in [1.54, 1.807) is 6.07 Å². The van der Waals surface area contributed by atoms with Gasteiger partial charge in [0, 0.05) is 66.6 Å². The molecule has 2 aromatic carbocycles. The second-order valence-corrected chi connectivity index (χ2v) is 9.34. The number of nitrogens with zero attached hydrogens (tertiary/aromatic N) is 3. The van der Waals surface area contributed by atoms with Crippen LogP contribution in [0.4, 0.5) is 10.1 Å². The van der Waals surface area contributed by atoms with E-state index in [9.17, 15) is 4.39 Å². The summed E-state index contributed by atoms with van der Waals surface area (Å²) >= 11 is 0. The zero-order valence-electron chi connectivity index (χ0n) is 18.3. The zero-order valence-corrected chi connectivity index (χ0v) is 18.3. The monoisotopic (exact) mass is 428 g/mol. The second kappa shape index (κ2) is 8.21. The van der Waals surface area contributed by atoms with Crippen molar-refractivity contribution in [3.8, 4) is 0 Å². The van der Waals surface area contributed by atoms with Gasteiger partial charge in [0.25, 0.3) is 0 Å². The van der Waals surface area contributed by atoms with Crippen LogP contribution < -0.4 is 4.90 Å². The van der Waals surface area contributed by atoms with Crippen molar-refractivity contribution in [2.24, 2.45) is 0 Å². The van der Waals surface area contributed by atoms with Gasteiger partial charge in [0.15, 0.2) is 0 Å². The Bertz CT molecular complexity index is 1230. The number of anilines is 1. The van der Waals surface area contributed by atoms with E-state index in [0.29, 0.717) is 12.0 Å². The van der Waals surface area contributed by atoms with Crippen molar-refractivity contribution in [2.75, 3.05) is 31.1 Å². The number of hydrogen-bond donors (Lipinski definition) is 1. The molecule has 1 aliphatic carbocycles. The third-order valence-electron chi connectivity index (χ3n) is 7.59. The topological polar surface area (TPSA) is 35.2 Å². The maximum absolute atomic E-state index is 13.8. The van der Waals surface area contributed by atoms with Crippen LogP contribution in [-0.2, 0) is 0 Å². The van der Waals surface area contributed by atoms with Crippen molar-refractivity contribution in [3.05, 3.63) is 72.3 Å². The van der Waals surface area contributed by atoms with Crippen LogP contribution >= 0.6 is 0 Å². The van der Waals surface area contributed by atoms with E-state index in [0.717, 1.165) is 42.6 Å². The molecule has 32 heavy (non-hydrogen) atoms. The molecule has 1 saturated carbocycles. The Balaban J connectivity index is 1.07. The Kier molecular flexibility index (Phi) is 5.07. The summed E-state index contributed by atoms with van der Waals surface area (Å²) in [4.78, 5) is 13.0. The van der Waals surface area contributed by atoms with E-state index < -0.39 is 0 Å². The number of pyridine rings is 1. The van der Waals surface area contributed by atoms with Gasteiger partial charge in [-0.15, -0.1) is 0 Å². The first-order chi connectivity index (χ1) is 15.7. The second-order valence-electron chi connectivity index (χ2n) is 9.34. The summed E-state index contributed by atoms with van der Waals surface area (Å²) in [6.45, 7) is 4.40. The first kappa shape index (κ1) is 19.7. The van der Waals surface area contributed by atoms with Crippen LogP contribution in [0.2, 0.25) is 0 Å². The van der Waals surface area contributed by atoms with Gasteiger partial charge in [-0.1, -0.05) is 6.07 Å². The summed E-state index contributed by atoms with van der Waals surface area (Å²) in [5, 5.41) is 2.27. The first-order valence-electron chi connectivity index (χ1n) is 11.8. The SMILES string of the molecule is Fc1ccc2[nH]cc(C3CCC(N4CCN(c5ccc6ncccc6c5)CC4)CC3)c2c1. The highest BCUT2D eigenvalue weighted by Crippen LogP contribution is 2.38. The molecule has 5 heteroatoms. The third-order valence-corrected chi connectivity index (χ3v) is 7.59. The summed E-state index contributed by atoms with van der Waals surface area (Å²) in [7, 11) is 0. The molecule has 4 nitrogen and oxygen atoms in total. The minimum Gasteiger partial charge on any atom is -0.369 e. The number of benzene rings is 2. The highest BCUT2D eigenvalue weighted by molar-refractivity contribution is 5.84. The Morgan fingerprint density at radius 3 is 2.59 bits per heavy atom. The van der Waals surface area contributed by atoms with Gasteiger partial charge in [-0.3, -0.25) is 9.88 Å². The summed E-state index contributed by atoms with van der Waals surface area (Å²) in [5.74, 6) is 0.391. The number of hydrogen-bond acceptors (Lipinski definition) is 3. The molecule has 1 N–H and O–H groups in total. The van der Waals surface area contributed by atoms with Crippen molar-refractivity contribution in [1.82, 2.24) is 14.9 Å². The molecule has 0 radical (unpaired) electrons. The molecule has 2 aliphatic rings. The van der Waals surface area contributed by atoms with E-state index in [1.807, 2.05) is 18.3 Å². The molecule has 1 aliphatic heterocycles. The Morgan fingerprint density at radius 1 is 0.906 bits per heavy atom. The Labute approximate surface area is 188 Å². The Morgan fingerprint density at radius 2 is 1.75 bits per heavy atom. The fourth-order valence-corrected chi connectivity index (χ4v) is 5.81. The van der Waals surface area contributed by atoms with Crippen LogP contribution in [0.3, 0.4) is 0 Å². The molecule has 0 spiro atoms. The predicted molar refractivity (Wildman–Crippen MR) is 129 cm³/mol. The highest BCUT2D eigenvalue weighted by Gasteiger charge is 2.30. The van der Waals surface area contributed by atoms with Crippen molar-refractivity contribution in [2.45, 2.75) is 37.6 Å². The van der Waals surface area contributed by atoms with Gasteiger partial charge in [-0.25, -0.2) is 4.39 Å². The number of aromatic amines is 1. The highest BCUT2D eigenvalue weighted by atomic mass is 19.1. The van der Waals surface area contributed by atoms with Gasteiger partial charge in [0.05, 0.1) is 5.52 Å². The summed E-state index contributed by atoms with van der Waals surface area (Å²) in [5.41, 5.74) is 4.71. The minimum absolute atomic E-state index is 0.146. The number of nitrogens with one attached hydrogen (secondary N) is 1. The lowest BCUT2D eigenvalue weighted by Gasteiger charge is -2.42. The maximum Gasteiger partial charge on any atom is 0.123 e. The number of halogens is 1. The molecule has 4 aromatic rings. The van der Waals surface area contributed by atoms with Crippen molar-refractivity contribution < 1.29 is 4.39 Å². The van der Waals surface area contributed by atoms with E-state index in [4.69, 9.17) is 0 Å². The van der Waals surface area contributed by atoms with Gasteiger partial charge in [-0.2, -0.15) is 0 Å². The third kappa shape index (κ3) is 3.65. The van der Waals surface area contributed by atoms with E-state index >= 15 is 0 Å². The van der Waals surface area contributed by atoms with Gasteiger partial charge < -0.3 is 9.88 Å². The fraction of sp³-hybridized carbons (Fsp3) is 0.370. The lowest BCUT2D eigenvalue weighted by Crippen LogP contribution is -2.51. The van der Waals surface area contributed by atoms with E-state index in [2.05, 4.69) is 50.2 Å². The Hall–Kier alpha value is -2.92. The number of fused-ring (bicyclic) bond motifs is 2. The summed E-state index contributed by atoms with van der Waals surface area (Å²) in [6, 6.07) is 16.5. The number of piperazine rings is 1. The molecular weight excluding hydrogens is 399 g/mol. The van der Waals surface area contributed by atoms with Crippen LogP contribution in [0.25, 0.3) is 21.8 Å². The van der Waals surface area contributed by atoms with Gasteiger partial charge in [-0.05, 0) is 79.6 Å². The molecule has 1 saturated heterocycles. The quantitative estimate of drug-likeness (QED) is 0.454. The average Bonchev–Trinajstić information content (AvgIpc) is 3.27. The van der Waals surface area contributed by atoms with E-state index in [-0.39, 0.29) is 5.82 Å². The molecule has 0 bridgehead atoms. The molecule has 3 heterocycles. The smallest absolute Gasteiger partial charge is 0.123 e. The van der Waals surface area contributed by atoms with Crippen molar-refractivity contribution in [3.63, 3.8) is 0 Å². The van der Waals surface area contributed by atoms with Crippen LogP contribution in [0.5, 0.6) is 0 Å². The molecule has 164 valence electrons. The maximum atomic E-state index is 13.8. The standard InChI is InChI=1S/C27H29FN4/c28-21-5-9-27-24(17-21)25(18-30-27)19-3-6-22(7-4-19)31-12-14-32(15-13-31)23-8-10-26-20(16-23)2-1-11-29-26/h1-2,5,8-11,16-19,22,30H,3-4,6-7,12-15H2. The normalized spacial score (nSPS) is 22.6. The number of H-pyrrole nitrogens is 1. The molecule has 0 unspecified atom stereocenters. The zero-order chi connectivity index (χ0) is 21.5. The predicted octanol–water partition coefficient (Wildman–Crippen LogP) is 5.70. The average molecular weight is 429 g/mol. The van der Waals surface area contributed by atoms with Crippen molar-refractivity contribution >= 4 is 27.5 Å². The van der Waals surface area contributed by atoms with Crippen LogP contribution in [0, 0.1) is 5.82 Å². The van der Waals surface area contributed by atoms with Gasteiger partial charge in [0.2, 0.25) is 0 Å². The van der Waals surface area contributed by atoms with Crippen LogP contribution in [-0.4, -0.2) is 47.1 Å². The largest absolute Gasteiger partial charge is 0.369 e. The summed E-state index contributed by atoms with van der Waals surface area (Å²) < 4.78 is 13.8. The lowest BCUT2D eigenvalue weighted by atomic mass is 9.81. The van der Waals surface area contributed by atoms with E-state index in [1.165, 1.54) is 48.4 Å². The molecule has 2 aromatic heterocycles. The van der Waals surface area contributed by atoms with Crippen LogP contribution in [0.15, 0.2) is 60.9 Å². The molecule has 0 amide bonds. The lowest BCUT2D eigenvalue weighted by molar-refractivity contribution is 0.141. The van der Waals surface area contributed by atoms with Gasteiger partial charge in [0.1, 0.15) is 5.82 Å². The number of rotatable bonds is 3. The first-order valence-corrected chi connectivity index (χ1v) is 11.8. The van der Waals surface area contributed by atoms with Crippen molar-refractivity contribution in [1.29, 1.82) is 0 Å². The molecular formula is C27H29FN4. The molecule has 0 atom stereocenters. The summed E-state index contributed by atoms with van der Waals surface area (Å²) in [6.07, 6.45) is 8.79.